The molecular formula is C19H27N5O3. The number of phenolic OH excluding ortho intramolecular Hbond substituents is 1. The Bertz CT molecular complexity index is 773. The molecule has 27 heavy (non-hydrogen) atoms. The maximum atomic E-state index is 11.8. The quantitative estimate of drug-likeness (QED) is 0.329. The molecule has 1 amide bonds. The van der Waals surface area contributed by atoms with E-state index >= 15 is 0 Å². The summed E-state index contributed by atoms with van der Waals surface area (Å²) in [5.41, 5.74) is 11.8. The number of aromatic hydroxyl groups is 1. The second-order valence-corrected chi connectivity index (χ2v) is 6.09. The van der Waals surface area contributed by atoms with E-state index in [2.05, 4.69) is 29.1 Å². The second-order valence-electron chi connectivity index (χ2n) is 6.09. The van der Waals surface area contributed by atoms with Gasteiger partial charge in [-0.05, 0) is 24.6 Å². The largest absolute Gasteiger partial charge is 0.508 e. The molecule has 146 valence electrons. The highest BCUT2D eigenvalue weighted by Gasteiger charge is 2.36. The van der Waals surface area contributed by atoms with Crippen LogP contribution in [0.3, 0.4) is 0 Å². The number of ketones is 1. The molecule has 0 spiro atoms. The third kappa shape index (κ3) is 5.61. The fourth-order valence-electron chi connectivity index (χ4n) is 2.62. The van der Waals surface area contributed by atoms with Gasteiger partial charge in [-0.3, -0.25) is 9.59 Å². The van der Waals surface area contributed by atoms with E-state index in [0.717, 1.165) is 0 Å². The highest BCUT2D eigenvalue weighted by Crippen LogP contribution is 2.20. The minimum Gasteiger partial charge on any atom is -0.508 e. The first-order valence-corrected chi connectivity index (χ1v) is 8.24. The summed E-state index contributed by atoms with van der Waals surface area (Å²) in [6.45, 7) is 10.9. The van der Waals surface area contributed by atoms with Gasteiger partial charge < -0.3 is 32.5 Å². The molecule has 8 nitrogen and oxygen atoms in total. The molecule has 1 rings (SSSR count). The van der Waals surface area contributed by atoms with E-state index in [1.165, 1.54) is 38.4 Å². The van der Waals surface area contributed by atoms with Gasteiger partial charge in [0.1, 0.15) is 11.3 Å². The van der Waals surface area contributed by atoms with Crippen molar-refractivity contribution in [2.24, 2.45) is 11.5 Å². The predicted octanol–water partition coefficient (Wildman–Crippen LogP) is 0.565. The van der Waals surface area contributed by atoms with Gasteiger partial charge in [-0.15, -0.1) is 0 Å². The van der Waals surface area contributed by atoms with E-state index in [-0.39, 0.29) is 29.7 Å². The highest BCUT2D eigenvalue weighted by molar-refractivity contribution is 5.95. The Kier molecular flexibility index (Phi) is 7.62. The third-order valence-electron chi connectivity index (χ3n) is 3.98. The first-order valence-electron chi connectivity index (χ1n) is 8.24. The summed E-state index contributed by atoms with van der Waals surface area (Å²) in [4.78, 5) is 23.5. The maximum absolute atomic E-state index is 11.8. The molecule has 0 saturated carbocycles. The van der Waals surface area contributed by atoms with Crippen LogP contribution in [0.5, 0.6) is 5.75 Å². The van der Waals surface area contributed by atoms with Crippen LogP contribution in [0.4, 0.5) is 0 Å². The first kappa shape index (κ1) is 21.8. The SMILES string of the molecule is C=C(N)C(CNCc1ccc(O)cc1C(C)=O)(NC(C)=O)C(=C)N/C=C\N. The topological polar surface area (TPSA) is 142 Å². The van der Waals surface area contributed by atoms with E-state index in [0.29, 0.717) is 23.4 Å². The second kappa shape index (κ2) is 9.44. The van der Waals surface area contributed by atoms with Gasteiger partial charge in [-0.2, -0.15) is 0 Å². The summed E-state index contributed by atoms with van der Waals surface area (Å²) in [6, 6.07) is 4.56. The number of carbonyl (C=O) groups is 2. The van der Waals surface area contributed by atoms with E-state index in [1.807, 2.05) is 0 Å². The van der Waals surface area contributed by atoms with Crippen molar-refractivity contribution in [3.05, 3.63) is 66.3 Å². The van der Waals surface area contributed by atoms with Gasteiger partial charge in [0.15, 0.2) is 5.78 Å². The van der Waals surface area contributed by atoms with Crippen LogP contribution in [0, 0.1) is 0 Å². The first-order chi connectivity index (χ1) is 12.6. The Labute approximate surface area is 159 Å². The zero-order valence-corrected chi connectivity index (χ0v) is 15.6. The van der Waals surface area contributed by atoms with Crippen LogP contribution in [0.2, 0.25) is 0 Å². The Morgan fingerprint density at radius 3 is 2.48 bits per heavy atom. The number of benzene rings is 1. The zero-order chi connectivity index (χ0) is 20.6. The minimum absolute atomic E-state index is 0.0121. The normalized spacial score (nSPS) is 13.0. The summed E-state index contributed by atoms with van der Waals surface area (Å²) in [6.07, 6.45) is 2.74. The van der Waals surface area contributed by atoms with Gasteiger partial charge in [0.25, 0.3) is 0 Å². The van der Waals surface area contributed by atoms with Crippen LogP contribution in [0.25, 0.3) is 0 Å². The lowest BCUT2D eigenvalue weighted by atomic mass is 9.91. The lowest BCUT2D eigenvalue weighted by Crippen LogP contribution is -2.60. The molecular weight excluding hydrogens is 346 g/mol. The van der Waals surface area contributed by atoms with Crippen molar-refractivity contribution in [2.75, 3.05) is 6.54 Å². The van der Waals surface area contributed by atoms with Crippen molar-refractivity contribution >= 4 is 11.7 Å². The summed E-state index contributed by atoms with van der Waals surface area (Å²) < 4.78 is 0. The number of carbonyl (C=O) groups excluding carboxylic acids is 2. The number of nitrogens with two attached hydrogens (primary N) is 2. The molecule has 8 N–H and O–H groups in total. The smallest absolute Gasteiger partial charge is 0.217 e. The lowest BCUT2D eigenvalue weighted by Gasteiger charge is -2.36. The number of hydrogen-bond acceptors (Lipinski definition) is 7. The van der Waals surface area contributed by atoms with Crippen LogP contribution < -0.4 is 27.4 Å². The number of hydrogen-bond donors (Lipinski definition) is 6. The van der Waals surface area contributed by atoms with Crippen molar-refractivity contribution < 1.29 is 14.7 Å². The van der Waals surface area contributed by atoms with Gasteiger partial charge in [0.2, 0.25) is 5.91 Å². The molecule has 8 heteroatoms. The van der Waals surface area contributed by atoms with Crippen molar-refractivity contribution in [1.29, 1.82) is 0 Å². The van der Waals surface area contributed by atoms with Crippen LogP contribution in [0.15, 0.2) is 55.2 Å². The van der Waals surface area contributed by atoms with Gasteiger partial charge in [0, 0.05) is 49.4 Å². The number of amides is 1. The molecule has 0 aliphatic heterocycles. The predicted molar refractivity (Wildman–Crippen MR) is 105 cm³/mol. The zero-order valence-electron chi connectivity index (χ0n) is 15.6. The Morgan fingerprint density at radius 2 is 1.96 bits per heavy atom. The number of Topliss-reactive ketones (excluding diaryl/α,β-unsaturated/α-hetero) is 1. The number of phenols is 1. The molecule has 1 unspecified atom stereocenters. The molecule has 0 radical (unpaired) electrons. The molecule has 0 heterocycles. The van der Waals surface area contributed by atoms with Crippen LogP contribution >= 0.6 is 0 Å². The summed E-state index contributed by atoms with van der Waals surface area (Å²) in [5, 5.41) is 18.4. The van der Waals surface area contributed by atoms with Crippen molar-refractivity contribution in [3.63, 3.8) is 0 Å². The Balaban J connectivity index is 3.07. The fraction of sp³-hybridized carbons (Fsp3) is 0.263. The monoisotopic (exact) mass is 373 g/mol. The molecule has 1 atom stereocenters. The van der Waals surface area contributed by atoms with Gasteiger partial charge in [-0.25, -0.2) is 0 Å². The van der Waals surface area contributed by atoms with Gasteiger partial charge >= 0.3 is 0 Å². The summed E-state index contributed by atoms with van der Waals surface area (Å²) >= 11 is 0. The minimum atomic E-state index is -1.18. The maximum Gasteiger partial charge on any atom is 0.217 e. The molecule has 0 aliphatic rings. The standard InChI is InChI=1S/C19H27N5O3/c1-12(25)18-9-17(27)6-5-16(18)10-22-11-19(13(2)21,24-15(4)26)14(3)23-8-7-20/h5-9,22-23,27H,2-3,10-11,20-21H2,1,4H3,(H,24,26)/b8-7-. The van der Waals surface area contributed by atoms with E-state index in [1.54, 1.807) is 6.07 Å². The van der Waals surface area contributed by atoms with Gasteiger partial charge in [-0.1, -0.05) is 19.2 Å². The Hall–Kier alpha value is -3.26. The summed E-state index contributed by atoms with van der Waals surface area (Å²) in [5.74, 6) is -0.478. The lowest BCUT2D eigenvalue weighted by molar-refractivity contribution is -0.120. The highest BCUT2D eigenvalue weighted by atomic mass is 16.3. The number of nitrogens with one attached hydrogen (secondary N) is 3. The molecule has 1 aromatic rings. The number of rotatable bonds is 10. The van der Waals surface area contributed by atoms with E-state index in [4.69, 9.17) is 11.5 Å². The molecule has 0 aliphatic carbocycles. The molecule has 0 bridgehead atoms. The van der Waals surface area contributed by atoms with Gasteiger partial charge in [0.05, 0.1) is 0 Å². The van der Waals surface area contributed by atoms with Crippen molar-refractivity contribution in [1.82, 2.24) is 16.0 Å². The van der Waals surface area contributed by atoms with Crippen molar-refractivity contribution in [2.45, 2.75) is 25.9 Å². The van der Waals surface area contributed by atoms with E-state index in [9.17, 15) is 14.7 Å². The molecule has 0 saturated heterocycles. The van der Waals surface area contributed by atoms with Crippen molar-refractivity contribution in [3.8, 4) is 5.75 Å². The average molecular weight is 373 g/mol. The molecule has 1 aromatic carbocycles. The third-order valence-corrected chi connectivity index (χ3v) is 3.98. The fourth-order valence-corrected chi connectivity index (χ4v) is 2.62. The van der Waals surface area contributed by atoms with Crippen LogP contribution in [-0.4, -0.2) is 28.9 Å². The average Bonchev–Trinajstić information content (AvgIpc) is 2.59. The molecule has 0 fully saturated rings. The Morgan fingerprint density at radius 1 is 1.30 bits per heavy atom. The van der Waals surface area contributed by atoms with Crippen LogP contribution in [0.1, 0.15) is 29.8 Å². The van der Waals surface area contributed by atoms with E-state index < -0.39 is 5.54 Å². The molecule has 0 aromatic heterocycles. The summed E-state index contributed by atoms with van der Waals surface area (Å²) in [7, 11) is 0. The van der Waals surface area contributed by atoms with Crippen LogP contribution in [-0.2, 0) is 11.3 Å².